The van der Waals surface area contributed by atoms with Crippen LogP contribution >= 0.6 is 24.0 Å². The Balaban J connectivity index is 2.88. The predicted molar refractivity (Wildman–Crippen MR) is 60.4 cm³/mol. The molecule has 0 amide bonds. The summed E-state index contributed by atoms with van der Waals surface area (Å²) in [4.78, 5) is 11.5. The fraction of sp³-hybridized carbons (Fsp3) is 0.100. The van der Waals surface area contributed by atoms with Crippen molar-refractivity contribution < 1.29 is 9.90 Å². The summed E-state index contributed by atoms with van der Waals surface area (Å²) >= 11 is 5.81. The molecular formula is C10H8O2S2. The number of benzene rings is 1. The van der Waals surface area contributed by atoms with Crippen molar-refractivity contribution in [2.45, 2.75) is 11.5 Å². The summed E-state index contributed by atoms with van der Waals surface area (Å²) < 4.78 is 0.946. The van der Waals surface area contributed by atoms with Crippen molar-refractivity contribution in [1.29, 1.82) is 0 Å². The molecule has 2 aromatic rings. The lowest BCUT2D eigenvalue weighted by Crippen LogP contribution is -1.93. The summed E-state index contributed by atoms with van der Waals surface area (Å²) in [6.07, 6.45) is 0.754. The lowest BCUT2D eigenvalue weighted by atomic mass is 10.1. The number of rotatable bonds is 2. The van der Waals surface area contributed by atoms with Crippen molar-refractivity contribution in [2.75, 3.05) is 0 Å². The number of aliphatic hydroxyl groups excluding tert-OH is 1. The Morgan fingerprint density at radius 2 is 2.36 bits per heavy atom. The Bertz CT molecular complexity index is 488. The highest BCUT2D eigenvalue weighted by molar-refractivity contribution is 7.80. The molecule has 0 aliphatic carbocycles. The van der Waals surface area contributed by atoms with Crippen LogP contribution in [0.4, 0.5) is 0 Å². The second-order valence-electron chi connectivity index (χ2n) is 2.90. The standard InChI is InChI=1S/C10H8O2S2/c11-4-6-3-9(13)7-1-2-14-10(7)8(6)5-12/h1-4,12-13H,5H2. The molecule has 0 fully saturated rings. The molecule has 0 spiro atoms. The largest absolute Gasteiger partial charge is 0.392 e. The van der Waals surface area contributed by atoms with Gasteiger partial charge in [0, 0.05) is 26.1 Å². The molecule has 0 bridgehead atoms. The zero-order valence-corrected chi connectivity index (χ0v) is 8.94. The molecule has 2 rings (SSSR count). The van der Waals surface area contributed by atoms with Gasteiger partial charge in [0.15, 0.2) is 6.29 Å². The van der Waals surface area contributed by atoms with E-state index in [0.29, 0.717) is 11.1 Å². The SMILES string of the molecule is O=Cc1cc(S)c2ccsc2c1CO. The maximum atomic E-state index is 10.8. The van der Waals surface area contributed by atoms with Gasteiger partial charge in [0.05, 0.1) is 6.61 Å². The molecule has 72 valence electrons. The van der Waals surface area contributed by atoms with E-state index in [9.17, 15) is 9.90 Å². The average molecular weight is 224 g/mol. The minimum atomic E-state index is -0.112. The molecule has 0 saturated heterocycles. The summed E-state index contributed by atoms with van der Waals surface area (Å²) in [5.41, 5.74) is 1.22. The van der Waals surface area contributed by atoms with Gasteiger partial charge in [-0.1, -0.05) is 0 Å². The molecule has 0 unspecified atom stereocenters. The van der Waals surface area contributed by atoms with Crippen LogP contribution < -0.4 is 0 Å². The van der Waals surface area contributed by atoms with Gasteiger partial charge in [-0.25, -0.2) is 0 Å². The van der Waals surface area contributed by atoms with Crippen LogP contribution in [0, 0.1) is 0 Å². The van der Waals surface area contributed by atoms with Crippen molar-refractivity contribution in [3.8, 4) is 0 Å². The van der Waals surface area contributed by atoms with E-state index in [-0.39, 0.29) is 6.61 Å². The summed E-state index contributed by atoms with van der Waals surface area (Å²) in [7, 11) is 0. The van der Waals surface area contributed by atoms with Gasteiger partial charge in [0.2, 0.25) is 0 Å². The number of thiol groups is 1. The van der Waals surface area contributed by atoms with Crippen molar-refractivity contribution >= 4 is 40.3 Å². The van der Waals surface area contributed by atoms with Crippen LogP contribution in [0.2, 0.25) is 0 Å². The lowest BCUT2D eigenvalue weighted by molar-refractivity contribution is 0.112. The van der Waals surface area contributed by atoms with Crippen LogP contribution in [-0.4, -0.2) is 11.4 Å². The highest BCUT2D eigenvalue weighted by Crippen LogP contribution is 2.32. The highest BCUT2D eigenvalue weighted by atomic mass is 32.1. The smallest absolute Gasteiger partial charge is 0.150 e. The van der Waals surface area contributed by atoms with Crippen molar-refractivity contribution in [3.05, 3.63) is 28.6 Å². The number of hydrogen-bond acceptors (Lipinski definition) is 4. The maximum absolute atomic E-state index is 10.8. The maximum Gasteiger partial charge on any atom is 0.150 e. The minimum Gasteiger partial charge on any atom is -0.392 e. The van der Waals surface area contributed by atoms with Crippen molar-refractivity contribution in [1.82, 2.24) is 0 Å². The van der Waals surface area contributed by atoms with E-state index in [2.05, 4.69) is 12.6 Å². The first-order chi connectivity index (χ1) is 6.77. The minimum absolute atomic E-state index is 0.112. The van der Waals surface area contributed by atoms with Crippen molar-refractivity contribution in [3.63, 3.8) is 0 Å². The number of thiophene rings is 1. The molecule has 0 radical (unpaired) electrons. The Labute approximate surface area is 90.6 Å². The normalized spacial score (nSPS) is 10.7. The molecule has 0 aliphatic heterocycles. The van der Waals surface area contributed by atoms with Gasteiger partial charge in [0.1, 0.15) is 0 Å². The molecular weight excluding hydrogens is 216 g/mol. The lowest BCUT2D eigenvalue weighted by Gasteiger charge is -2.04. The molecule has 0 aliphatic rings. The summed E-state index contributed by atoms with van der Waals surface area (Å²) in [6, 6.07) is 3.63. The molecule has 0 saturated carbocycles. The van der Waals surface area contributed by atoms with E-state index in [1.807, 2.05) is 11.4 Å². The topological polar surface area (TPSA) is 37.3 Å². The first-order valence-corrected chi connectivity index (χ1v) is 5.38. The van der Waals surface area contributed by atoms with Crippen molar-refractivity contribution in [2.24, 2.45) is 0 Å². The fourth-order valence-electron chi connectivity index (χ4n) is 1.46. The number of carbonyl (C=O) groups excluding carboxylic acids is 1. The van der Waals surface area contributed by atoms with Gasteiger partial charge in [0.25, 0.3) is 0 Å². The van der Waals surface area contributed by atoms with E-state index in [1.165, 1.54) is 11.3 Å². The Morgan fingerprint density at radius 1 is 1.57 bits per heavy atom. The monoisotopic (exact) mass is 224 g/mol. The number of aldehydes is 1. The van der Waals surface area contributed by atoms with E-state index in [0.717, 1.165) is 21.3 Å². The Kier molecular flexibility index (Phi) is 2.58. The summed E-state index contributed by atoms with van der Waals surface area (Å²) in [5, 5.41) is 12.1. The van der Waals surface area contributed by atoms with Crippen LogP contribution in [0.25, 0.3) is 10.1 Å². The van der Waals surface area contributed by atoms with E-state index in [4.69, 9.17) is 0 Å². The molecule has 1 heterocycles. The molecule has 2 nitrogen and oxygen atoms in total. The van der Waals surface area contributed by atoms with Crippen LogP contribution in [-0.2, 0) is 6.61 Å². The molecule has 1 N–H and O–H groups in total. The summed E-state index contributed by atoms with van der Waals surface area (Å²) in [5.74, 6) is 0. The molecule has 1 aromatic carbocycles. The number of fused-ring (bicyclic) bond motifs is 1. The van der Waals surface area contributed by atoms with Crippen LogP contribution in [0.15, 0.2) is 22.4 Å². The van der Waals surface area contributed by atoms with Gasteiger partial charge in [-0.2, -0.15) is 0 Å². The summed E-state index contributed by atoms with van der Waals surface area (Å²) in [6.45, 7) is -0.112. The van der Waals surface area contributed by atoms with Crippen LogP contribution in [0.3, 0.4) is 0 Å². The number of aliphatic hydroxyl groups is 1. The number of carbonyl (C=O) groups is 1. The van der Waals surface area contributed by atoms with Gasteiger partial charge in [-0.15, -0.1) is 24.0 Å². The van der Waals surface area contributed by atoms with Gasteiger partial charge >= 0.3 is 0 Å². The third-order valence-electron chi connectivity index (χ3n) is 2.14. The molecule has 4 heteroatoms. The number of hydrogen-bond donors (Lipinski definition) is 2. The Morgan fingerprint density at radius 3 is 3.00 bits per heavy atom. The first-order valence-electron chi connectivity index (χ1n) is 4.06. The van der Waals surface area contributed by atoms with E-state index in [1.54, 1.807) is 6.07 Å². The molecule has 0 atom stereocenters. The second kappa shape index (κ2) is 3.73. The van der Waals surface area contributed by atoms with Crippen LogP contribution in [0.1, 0.15) is 15.9 Å². The molecule has 1 aromatic heterocycles. The second-order valence-corrected chi connectivity index (χ2v) is 4.30. The van der Waals surface area contributed by atoms with Crippen LogP contribution in [0.5, 0.6) is 0 Å². The third-order valence-corrected chi connectivity index (χ3v) is 3.49. The average Bonchev–Trinajstić information content (AvgIpc) is 2.66. The van der Waals surface area contributed by atoms with Gasteiger partial charge < -0.3 is 5.11 Å². The van der Waals surface area contributed by atoms with E-state index >= 15 is 0 Å². The van der Waals surface area contributed by atoms with E-state index < -0.39 is 0 Å². The van der Waals surface area contributed by atoms with Gasteiger partial charge in [-0.05, 0) is 17.5 Å². The Hall–Kier alpha value is -0.840. The quantitative estimate of drug-likeness (QED) is 0.607. The molecule has 14 heavy (non-hydrogen) atoms. The zero-order valence-electron chi connectivity index (χ0n) is 7.23. The third kappa shape index (κ3) is 1.35. The van der Waals surface area contributed by atoms with Gasteiger partial charge in [-0.3, -0.25) is 4.79 Å². The highest BCUT2D eigenvalue weighted by Gasteiger charge is 2.10. The zero-order chi connectivity index (χ0) is 10.1. The fourth-order valence-corrected chi connectivity index (χ4v) is 2.83. The first kappa shape index (κ1) is 9.71. The predicted octanol–water partition coefficient (Wildman–Crippen LogP) is 2.49.